The molecule has 0 radical (unpaired) electrons. The second kappa shape index (κ2) is 5.85. The molecule has 1 aromatic rings. The molecule has 1 rings (SSSR count). The highest BCUT2D eigenvalue weighted by molar-refractivity contribution is 5.76. The van der Waals surface area contributed by atoms with Crippen LogP contribution in [0, 0.1) is 0 Å². The van der Waals surface area contributed by atoms with Crippen LogP contribution in [0.2, 0.25) is 0 Å². The van der Waals surface area contributed by atoms with Gasteiger partial charge in [0.05, 0.1) is 0 Å². The SMILES string of the molecule is C=C(C)CCC(=O)Oc1ccc(C=O)cc1. The summed E-state index contributed by atoms with van der Waals surface area (Å²) in [6.45, 7) is 5.58. The van der Waals surface area contributed by atoms with Gasteiger partial charge < -0.3 is 4.74 Å². The number of hydrogen-bond acceptors (Lipinski definition) is 3. The maximum atomic E-state index is 11.3. The van der Waals surface area contributed by atoms with E-state index < -0.39 is 0 Å². The standard InChI is InChI=1S/C13H14O3/c1-10(2)3-8-13(15)16-12-6-4-11(9-14)5-7-12/h4-7,9H,1,3,8H2,2H3. The molecule has 0 atom stereocenters. The number of ether oxygens (including phenoxy) is 1. The fourth-order valence-electron chi connectivity index (χ4n) is 1.11. The van der Waals surface area contributed by atoms with E-state index in [4.69, 9.17) is 4.74 Å². The quantitative estimate of drug-likeness (QED) is 0.330. The van der Waals surface area contributed by atoms with E-state index in [0.717, 1.165) is 11.9 Å². The van der Waals surface area contributed by atoms with Gasteiger partial charge in [0, 0.05) is 12.0 Å². The monoisotopic (exact) mass is 218 g/mol. The van der Waals surface area contributed by atoms with Gasteiger partial charge in [0.25, 0.3) is 0 Å². The summed E-state index contributed by atoms with van der Waals surface area (Å²) in [4.78, 5) is 21.7. The Balaban J connectivity index is 2.49. The number of aldehydes is 1. The number of benzene rings is 1. The molecule has 0 heterocycles. The second-order valence-corrected chi connectivity index (χ2v) is 3.62. The molecule has 1 aromatic carbocycles. The third-order valence-corrected chi connectivity index (χ3v) is 2.00. The fourth-order valence-corrected chi connectivity index (χ4v) is 1.11. The van der Waals surface area contributed by atoms with Crippen LogP contribution in [0.1, 0.15) is 30.1 Å². The number of esters is 1. The van der Waals surface area contributed by atoms with E-state index in [1.165, 1.54) is 0 Å². The third-order valence-electron chi connectivity index (χ3n) is 2.00. The van der Waals surface area contributed by atoms with Gasteiger partial charge in [-0.05, 0) is 37.6 Å². The molecule has 0 aliphatic rings. The molecule has 0 fully saturated rings. The van der Waals surface area contributed by atoms with E-state index in [1.54, 1.807) is 24.3 Å². The second-order valence-electron chi connectivity index (χ2n) is 3.62. The topological polar surface area (TPSA) is 43.4 Å². The minimum atomic E-state index is -0.290. The molecule has 0 saturated heterocycles. The van der Waals surface area contributed by atoms with Crippen molar-refractivity contribution in [2.75, 3.05) is 0 Å². The summed E-state index contributed by atoms with van der Waals surface area (Å²) >= 11 is 0. The number of carbonyl (C=O) groups excluding carboxylic acids is 2. The molecule has 0 unspecified atom stereocenters. The van der Waals surface area contributed by atoms with E-state index in [1.807, 2.05) is 6.92 Å². The first-order valence-electron chi connectivity index (χ1n) is 5.02. The zero-order chi connectivity index (χ0) is 12.0. The lowest BCUT2D eigenvalue weighted by Crippen LogP contribution is -2.07. The molecular weight excluding hydrogens is 204 g/mol. The van der Waals surface area contributed by atoms with Crippen LogP contribution in [-0.2, 0) is 4.79 Å². The highest BCUT2D eigenvalue weighted by Crippen LogP contribution is 2.12. The maximum absolute atomic E-state index is 11.3. The summed E-state index contributed by atoms with van der Waals surface area (Å²) < 4.78 is 5.07. The first kappa shape index (κ1) is 12.2. The number of carbonyl (C=O) groups is 2. The fraction of sp³-hybridized carbons (Fsp3) is 0.231. The Kier molecular flexibility index (Phi) is 4.45. The van der Waals surface area contributed by atoms with E-state index in [2.05, 4.69) is 6.58 Å². The van der Waals surface area contributed by atoms with E-state index >= 15 is 0 Å². The largest absolute Gasteiger partial charge is 0.427 e. The Hall–Kier alpha value is -1.90. The van der Waals surface area contributed by atoms with E-state index in [-0.39, 0.29) is 5.97 Å². The first-order chi connectivity index (χ1) is 7.61. The molecule has 0 saturated carbocycles. The summed E-state index contributed by atoms with van der Waals surface area (Å²) in [7, 11) is 0. The maximum Gasteiger partial charge on any atom is 0.311 e. The molecule has 0 N–H and O–H groups in total. The Morgan fingerprint density at radius 2 is 1.94 bits per heavy atom. The number of hydrogen-bond donors (Lipinski definition) is 0. The molecule has 3 nitrogen and oxygen atoms in total. The van der Waals surface area contributed by atoms with Gasteiger partial charge in [0.2, 0.25) is 0 Å². The minimum absolute atomic E-state index is 0.290. The van der Waals surface area contributed by atoms with Crippen molar-refractivity contribution in [3.05, 3.63) is 42.0 Å². The van der Waals surface area contributed by atoms with Crippen LogP contribution < -0.4 is 4.74 Å². The van der Waals surface area contributed by atoms with Gasteiger partial charge in [0.1, 0.15) is 12.0 Å². The van der Waals surface area contributed by atoms with Gasteiger partial charge in [0.15, 0.2) is 0 Å². The van der Waals surface area contributed by atoms with Crippen LogP contribution in [0.15, 0.2) is 36.4 Å². The van der Waals surface area contributed by atoms with Crippen LogP contribution in [-0.4, -0.2) is 12.3 Å². The van der Waals surface area contributed by atoms with Crippen molar-refractivity contribution in [2.24, 2.45) is 0 Å². The van der Waals surface area contributed by atoms with Gasteiger partial charge in [-0.1, -0.05) is 5.57 Å². The summed E-state index contributed by atoms with van der Waals surface area (Å²) in [5.41, 5.74) is 1.51. The molecule has 0 spiro atoms. The van der Waals surface area contributed by atoms with Crippen molar-refractivity contribution in [3.8, 4) is 5.75 Å². The molecule has 0 aliphatic carbocycles. The summed E-state index contributed by atoms with van der Waals surface area (Å²) in [6.07, 6.45) is 1.70. The Labute approximate surface area is 94.7 Å². The lowest BCUT2D eigenvalue weighted by molar-refractivity contribution is -0.134. The molecule has 0 amide bonds. The molecular formula is C13H14O3. The number of allylic oxidation sites excluding steroid dienone is 1. The van der Waals surface area contributed by atoms with Crippen molar-refractivity contribution >= 4 is 12.3 Å². The molecule has 16 heavy (non-hydrogen) atoms. The third kappa shape index (κ3) is 4.09. The molecule has 84 valence electrons. The van der Waals surface area contributed by atoms with Gasteiger partial charge in [-0.3, -0.25) is 9.59 Å². The molecule has 0 aromatic heterocycles. The Morgan fingerprint density at radius 3 is 2.44 bits per heavy atom. The van der Waals surface area contributed by atoms with Gasteiger partial charge in [-0.25, -0.2) is 0 Å². The molecule has 0 aliphatic heterocycles. The predicted molar refractivity (Wildman–Crippen MR) is 61.5 cm³/mol. The van der Waals surface area contributed by atoms with Crippen molar-refractivity contribution in [2.45, 2.75) is 19.8 Å². The van der Waals surface area contributed by atoms with Crippen LogP contribution in [0.25, 0.3) is 0 Å². The van der Waals surface area contributed by atoms with Gasteiger partial charge in [-0.15, -0.1) is 6.58 Å². The highest BCUT2D eigenvalue weighted by Gasteiger charge is 2.04. The number of rotatable bonds is 5. The average molecular weight is 218 g/mol. The van der Waals surface area contributed by atoms with Crippen LogP contribution in [0.3, 0.4) is 0 Å². The van der Waals surface area contributed by atoms with Crippen molar-refractivity contribution in [3.63, 3.8) is 0 Å². The van der Waals surface area contributed by atoms with Gasteiger partial charge >= 0.3 is 5.97 Å². The Bertz CT molecular complexity index is 390. The summed E-state index contributed by atoms with van der Waals surface area (Å²) in [5.74, 6) is 0.166. The first-order valence-corrected chi connectivity index (χ1v) is 5.02. The lowest BCUT2D eigenvalue weighted by atomic mass is 10.2. The van der Waals surface area contributed by atoms with E-state index in [9.17, 15) is 9.59 Å². The Morgan fingerprint density at radius 1 is 1.31 bits per heavy atom. The average Bonchev–Trinajstić information content (AvgIpc) is 2.27. The smallest absolute Gasteiger partial charge is 0.311 e. The normalized spacial score (nSPS) is 9.56. The minimum Gasteiger partial charge on any atom is -0.427 e. The van der Waals surface area contributed by atoms with Crippen molar-refractivity contribution < 1.29 is 14.3 Å². The van der Waals surface area contributed by atoms with Crippen LogP contribution >= 0.6 is 0 Å². The zero-order valence-electron chi connectivity index (χ0n) is 9.23. The van der Waals surface area contributed by atoms with E-state index in [0.29, 0.717) is 24.2 Å². The zero-order valence-corrected chi connectivity index (χ0v) is 9.23. The summed E-state index contributed by atoms with van der Waals surface area (Å²) in [6, 6.07) is 6.41. The predicted octanol–water partition coefficient (Wildman–Crippen LogP) is 2.76. The van der Waals surface area contributed by atoms with Crippen molar-refractivity contribution in [1.29, 1.82) is 0 Å². The lowest BCUT2D eigenvalue weighted by Gasteiger charge is -2.04. The van der Waals surface area contributed by atoms with Crippen LogP contribution in [0.4, 0.5) is 0 Å². The van der Waals surface area contributed by atoms with Gasteiger partial charge in [-0.2, -0.15) is 0 Å². The summed E-state index contributed by atoms with van der Waals surface area (Å²) in [5, 5.41) is 0. The molecule has 3 heteroatoms. The molecule has 0 bridgehead atoms. The van der Waals surface area contributed by atoms with Crippen LogP contribution in [0.5, 0.6) is 5.75 Å². The van der Waals surface area contributed by atoms with Crippen molar-refractivity contribution in [1.82, 2.24) is 0 Å². The highest BCUT2D eigenvalue weighted by atomic mass is 16.5.